The lowest BCUT2D eigenvalue weighted by molar-refractivity contribution is 0.0421. The fraction of sp³-hybridized carbons (Fsp3) is 1.00. The van der Waals surface area contributed by atoms with Gasteiger partial charge in [-0.3, -0.25) is 0 Å². The Morgan fingerprint density at radius 3 is 2.79 bits per heavy atom. The minimum Gasteiger partial charge on any atom is -0.379 e. The van der Waals surface area contributed by atoms with Crippen LogP contribution in [0, 0.1) is 5.92 Å². The van der Waals surface area contributed by atoms with Crippen LogP contribution in [0.5, 0.6) is 0 Å². The van der Waals surface area contributed by atoms with Crippen LogP contribution in [0.15, 0.2) is 0 Å². The lowest BCUT2D eigenvalue weighted by Crippen LogP contribution is -2.45. The Morgan fingerprint density at radius 2 is 2.29 bits per heavy atom. The third kappa shape index (κ3) is 4.38. The van der Waals surface area contributed by atoms with E-state index in [2.05, 4.69) is 19.2 Å². The zero-order chi connectivity index (χ0) is 10.6. The molecular weight excluding hydrogens is 181 g/mol. The second-order valence-corrected chi connectivity index (χ2v) is 4.94. The molecule has 1 N–H and O–H groups in total. The van der Waals surface area contributed by atoms with Crippen LogP contribution in [0.3, 0.4) is 0 Å². The van der Waals surface area contributed by atoms with E-state index in [0.29, 0.717) is 25.4 Å². The van der Waals surface area contributed by atoms with Crippen molar-refractivity contribution in [3.8, 4) is 0 Å². The molecule has 1 fully saturated rings. The summed E-state index contributed by atoms with van der Waals surface area (Å²) in [5.74, 6) is 0.412. The number of ether oxygens (including phenoxy) is 1. The van der Waals surface area contributed by atoms with Crippen LogP contribution >= 0.6 is 0 Å². The molecule has 2 nitrogen and oxygen atoms in total. The van der Waals surface area contributed by atoms with Crippen molar-refractivity contribution in [3.05, 3.63) is 0 Å². The SMILES string of the molecule is CC(C)CC(C)(F)CC1COCCN1. The molecule has 3 heteroatoms. The molecule has 0 aromatic heterocycles. The molecular formula is C11H22FNO. The van der Waals surface area contributed by atoms with E-state index < -0.39 is 5.67 Å². The predicted molar refractivity (Wildman–Crippen MR) is 56.2 cm³/mol. The summed E-state index contributed by atoms with van der Waals surface area (Å²) in [6, 6.07) is 0.192. The maximum absolute atomic E-state index is 14.0. The highest BCUT2D eigenvalue weighted by molar-refractivity contribution is 4.83. The standard InChI is InChI=1S/C11H22FNO/c1-9(2)6-11(3,12)7-10-8-14-5-4-13-10/h9-10,13H,4-8H2,1-3H3. The Balaban J connectivity index is 2.32. The molecule has 1 heterocycles. The fourth-order valence-electron chi connectivity index (χ4n) is 2.20. The molecule has 1 rings (SSSR count). The fourth-order valence-corrected chi connectivity index (χ4v) is 2.20. The molecule has 0 saturated carbocycles. The van der Waals surface area contributed by atoms with Crippen LogP contribution in [-0.2, 0) is 4.74 Å². The van der Waals surface area contributed by atoms with Crippen molar-refractivity contribution in [2.24, 2.45) is 5.92 Å². The zero-order valence-electron chi connectivity index (χ0n) is 9.48. The average Bonchev–Trinajstić information content (AvgIpc) is 2.02. The highest BCUT2D eigenvalue weighted by atomic mass is 19.1. The van der Waals surface area contributed by atoms with E-state index in [1.54, 1.807) is 6.92 Å². The largest absolute Gasteiger partial charge is 0.379 e. The molecule has 1 aliphatic rings. The molecule has 0 spiro atoms. The molecule has 14 heavy (non-hydrogen) atoms. The van der Waals surface area contributed by atoms with Crippen LogP contribution in [0.4, 0.5) is 4.39 Å². The minimum atomic E-state index is -1.06. The first-order valence-corrected chi connectivity index (χ1v) is 5.50. The summed E-state index contributed by atoms with van der Waals surface area (Å²) in [5.41, 5.74) is -1.06. The zero-order valence-corrected chi connectivity index (χ0v) is 9.48. The lowest BCUT2D eigenvalue weighted by Gasteiger charge is -2.30. The van der Waals surface area contributed by atoms with Gasteiger partial charge in [0.2, 0.25) is 0 Å². The first kappa shape index (κ1) is 11.9. The van der Waals surface area contributed by atoms with Crippen LogP contribution in [0.25, 0.3) is 0 Å². The van der Waals surface area contributed by atoms with Crippen LogP contribution in [-0.4, -0.2) is 31.5 Å². The second kappa shape index (κ2) is 5.08. The van der Waals surface area contributed by atoms with Gasteiger partial charge in [0.1, 0.15) is 5.67 Å². The summed E-state index contributed by atoms with van der Waals surface area (Å²) in [7, 11) is 0. The normalized spacial score (nSPS) is 27.6. The van der Waals surface area contributed by atoms with Crippen molar-refractivity contribution in [3.63, 3.8) is 0 Å². The van der Waals surface area contributed by atoms with E-state index >= 15 is 0 Å². The number of halogens is 1. The maximum atomic E-state index is 14.0. The van der Waals surface area contributed by atoms with Gasteiger partial charge in [-0.05, 0) is 25.7 Å². The topological polar surface area (TPSA) is 21.3 Å². The van der Waals surface area contributed by atoms with Crippen molar-refractivity contribution >= 4 is 0 Å². The summed E-state index contributed by atoms with van der Waals surface area (Å²) in [4.78, 5) is 0. The van der Waals surface area contributed by atoms with Gasteiger partial charge in [0.25, 0.3) is 0 Å². The van der Waals surface area contributed by atoms with E-state index in [0.717, 1.165) is 13.2 Å². The van der Waals surface area contributed by atoms with E-state index in [4.69, 9.17) is 4.74 Å². The summed E-state index contributed by atoms with van der Waals surface area (Å²) >= 11 is 0. The van der Waals surface area contributed by atoms with Gasteiger partial charge in [0.05, 0.1) is 13.2 Å². The highest BCUT2D eigenvalue weighted by Gasteiger charge is 2.29. The van der Waals surface area contributed by atoms with Crippen molar-refractivity contribution in [2.45, 2.75) is 45.3 Å². The molecule has 2 atom stereocenters. The third-order valence-corrected chi connectivity index (χ3v) is 2.50. The molecule has 1 aliphatic heterocycles. The summed E-state index contributed by atoms with van der Waals surface area (Å²) in [6.07, 6.45) is 1.19. The van der Waals surface area contributed by atoms with Crippen molar-refractivity contribution in [1.82, 2.24) is 5.32 Å². The van der Waals surface area contributed by atoms with E-state index in [1.165, 1.54) is 0 Å². The minimum absolute atomic E-state index is 0.192. The first-order valence-electron chi connectivity index (χ1n) is 5.50. The number of nitrogens with one attached hydrogen (secondary N) is 1. The first-order chi connectivity index (χ1) is 6.49. The van der Waals surface area contributed by atoms with E-state index in [9.17, 15) is 4.39 Å². The van der Waals surface area contributed by atoms with E-state index in [1.807, 2.05) is 0 Å². The second-order valence-electron chi connectivity index (χ2n) is 4.94. The van der Waals surface area contributed by atoms with Gasteiger partial charge < -0.3 is 10.1 Å². The molecule has 0 radical (unpaired) electrons. The maximum Gasteiger partial charge on any atom is 0.110 e. The Hall–Kier alpha value is -0.150. The van der Waals surface area contributed by atoms with Gasteiger partial charge in [-0.1, -0.05) is 13.8 Å². The van der Waals surface area contributed by atoms with Gasteiger partial charge in [0.15, 0.2) is 0 Å². The molecule has 84 valence electrons. The Bertz CT molecular complexity index is 165. The third-order valence-electron chi connectivity index (χ3n) is 2.50. The smallest absolute Gasteiger partial charge is 0.110 e. The van der Waals surface area contributed by atoms with Crippen LogP contribution in [0.1, 0.15) is 33.6 Å². The molecule has 0 aromatic carbocycles. The lowest BCUT2D eigenvalue weighted by atomic mass is 9.90. The van der Waals surface area contributed by atoms with Crippen molar-refractivity contribution < 1.29 is 9.13 Å². The highest BCUT2D eigenvalue weighted by Crippen LogP contribution is 2.26. The van der Waals surface area contributed by atoms with Gasteiger partial charge in [-0.2, -0.15) is 0 Å². The average molecular weight is 203 g/mol. The molecule has 0 amide bonds. The van der Waals surface area contributed by atoms with Gasteiger partial charge in [-0.25, -0.2) is 4.39 Å². The van der Waals surface area contributed by atoms with Gasteiger partial charge >= 0.3 is 0 Å². The number of alkyl halides is 1. The van der Waals surface area contributed by atoms with Gasteiger partial charge in [0, 0.05) is 12.6 Å². The summed E-state index contributed by atoms with van der Waals surface area (Å²) in [6.45, 7) is 8.07. The molecule has 2 unspecified atom stereocenters. The number of morpholine rings is 1. The summed E-state index contributed by atoms with van der Waals surface area (Å²) in [5, 5.41) is 3.28. The Labute approximate surface area is 86.2 Å². The molecule has 0 aromatic rings. The van der Waals surface area contributed by atoms with E-state index in [-0.39, 0.29) is 6.04 Å². The number of rotatable bonds is 4. The molecule has 0 bridgehead atoms. The molecule has 1 saturated heterocycles. The van der Waals surface area contributed by atoms with Crippen LogP contribution < -0.4 is 5.32 Å². The number of hydrogen-bond donors (Lipinski definition) is 1. The quantitative estimate of drug-likeness (QED) is 0.756. The molecule has 0 aliphatic carbocycles. The van der Waals surface area contributed by atoms with Crippen molar-refractivity contribution in [2.75, 3.05) is 19.8 Å². The Kier molecular flexibility index (Phi) is 4.32. The predicted octanol–water partition coefficient (Wildman–Crippen LogP) is 2.14. The van der Waals surface area contributed by atoms with Gasteiger partial charge in [-0.15, -0.1) is 0 Å². The monoisotopic (exact) mass is 203 g/mol. The Morgan fingerprint density at radius 1 is 1.57 bits per heavy atom. The van der Waals surface area contributed by atoms with Crippen LogP contribution in [0.2, 0.25) is 0 Å². The van der Waals surface area contributed by atoms with Crippen molar-refractivity contribution in [1.29, 1.82) is 0 Å². The number of hydrogen-bond acceptors (Lipinski definition) is 2. The summed E-state index contributed by atoms with van der Waals surface area (Å²) < 4.78 is 19.3.